The maximum Gasteiger partial charge on any atom is 0.469 e. The van der Waals surface area contributed by atoms with Crippen LogP contribution in [0.3, 0.4) is 0 Å². The Morgan fingerprint density at radius 2 is 2.09 bits per heavy atom. The van der Waals surface area contributed by atoms with Crippen LogP contribution in [0.5, 0.6) is 0 Å². The molecule has 0 spiro atoms. The highest BCUT2D eigenvalue weighted by molar-refractivity contribution is 8.02. The molecule has 1 rings (SSSR count). The summed E-state index contributed by atoms with van der Waals surface area (Å²) in [6.45, 7) is 7.36. The van der Waals surface area contributed by atoms with Crippen molar-refractivity contribution in [2.75, 3.05) is 12.3 Å². The number of aryl methyl sites for hydroxylation is 1. The number of rotatable bonds is 14. The predicted octanol–water partition coefficient (Wildman–Crippen LogP) is 3.43. The van der Waals surface area contributed by atoms with Gasteiger partial charge in [-0.3, -0.25) is 9.32 Å². The van der Waals surface area contributed by atoms with Crippen molar-refractivity contribution in [2.45, 2.75) is 66.3 Å². The van der Waals surface area contributed by atoms with E-state index in [1.165, 1.54) is 4.90 Å². The Labute approximate surface area is 193 Å². The molecule has 1 aromatic rings. The second-order valence-electron chi connectivity index (χ2n) is 7.38. The number of hydrogen-bond acceptors (Lipinski definition) is 6. The van der Waals surface area contributed by atoms with E-state index in [9.17, 15) is 14.5 Å². The highest BCUT2D eigenvalue weighted by Crippen LogP contribution is 2.37. The quantitative estimate of drug-likeness (QED) is 0.114. The number of hydrogen-bond donors (Lipinski definition) is 5. The summed E-state index contributed by atoms with van der Waals surface area (Å²) in [7, 11) is -4.63. The van der Waals surface area contributed by atoms with Gasteiger partial charge in [0.25, 0.3) is 0 Å². The summed E-state index contributed by atoms with van der Waals surface area (Å²) in [5.41, 5.74) is 7.05. The van der Waals surface area contributed by atoms with Crippen LogP contribution in [-0.2, 0) is 20.4 Å². The fraction of sp³-hybridized carbons (Fsp3) is 0.600. The molecular weight excluding hydrogens is 455 g/mol. The van der Waals surface area contributed by atoms with Gasteiger partial charge < -0.3 is 25.5 Å². The van der Waals surface area contributed by atoms with Crippen LogP contribution >= 0.6 is 19.2 Å². The number of carbonyl (C=O) groups is 1. The molecule has 5 N–H and O–H groups in total. The molecule has 0 aromatic carbocycles. The van der Waals surface area contributed by atoms with Crippen LogP contribution in [0.1, 0.15) is 64.3 Å². The second kappa shape index (κ2) is 13.8. The summed E-state index contributed by atoms with van der Waals surface area (Å²) in [6, 6.07) is 0. The minimum atomic E-state index is -4.63. The number of amides is 1. The first kappa shape index (κ1) is 28.4. The average molecular weight is 491 g/mol. The molecule has 1 atom stereocenters. The Morgan fingerprint density at radius 3 is 2.62 bits per heavy atom. The fourth-order valence-electron chi connectivity index (χ4n) is 2.99. The standard InChI is InChI=1S/C20H35N4O6PS/c1-5-7-8-16(6-2)20(26)32-18(9-10-30-31(27,28)29)14(3)24(13-25)12-17-11-22-15(4)23-19(17)21/h11,13,16,26,32H,5-10,12H2,1-4H3,(H2,21,22,23)(H2,27,28,29)/b18-14-. The molecule has 182 valence electrons. The Bertz CT molecular complexity index is 874. The zero-order valence-electron chi connectivity index (χ0n) is 19.1. The number of phosphoric ester groups is 1. The van der Waals surface area contributed by atoms with Gasteiger partial charge in [0.05, 0.1) is 18.2 Å². The average Bonchev–Trinajstić information content (AvgIpc) is 2.71. The van der Waals surface area contributed by atoms with Gasteiger partial charge in [-0.25, -0.2) is 14.5 Å². The Morgan fingerprint density at radius 1 is 1.41 bits per heavy atom. The molecule has 0 aliphatic rings. The van der Waals surface area contributed by atoms with E-state index in [4.69, 9.17) is 15.5 Å². The first-order valence-corrected chi connectivity index (χ1v) is 12.9. The molecule has 32 heavy (non-hydrogen) atoms. The molecule has 1 unspecified atom stereocenters. The molecule has 0 aliphatic carbocycles. The van der Waals surface area contributed by atoms with Crippen molar-refractivity contribution in [1.29, 1.82) is 0 Å². The van der Waals surface area contributed by atoms with Gasteiger partial charge in [-0.2, -0.15) is 0 Å². The monoisotopic (exact) mass is 490 g/mol. The van der Waals surface area contributed by atoms with Crippen molar-refractivity contribution in [3.63, 3.8) is 0 Å². The van der Waals surface area contributed by atoms with Gasteiger partial charge in [0, 0.05) is 29.8 Å². The van der Waals surface area contributed by atoms with E-state index in [-0.39, 0.29) is 36.4 Å². The lowest BCUT2D eigenvalue weighted by molar-refractivity contribution is -0.116. The van der Waals surface area contributed by atoms with Gasteiger partial charge in [-0.1, -0.05) is 26.7 Å². The summed E-state index contributed by atoms with van der Waals surface area (Å²) in [5.74, 6) is 0.774. The largest absolute Gasteiger partial charge is 0.469 e. The van der Waals surface area contributed by atoms with E-state index in [0.717, 1.165) is 25.7 Å². The van der Waals surface area contributed by atoms with Crippen molar-refractivity contribution in [3.05, 3.63) is 28.2 Å². The maximum atomic E-state index is 11.9. The summed E-state index contributed by atoms with van der Waals surface area (Å²) < 4.78 is 15.7. The van der Waals surface area contributed by atoms with E-state index in [1.807, 2.05) is 6.92 Å². The third-order valence-corrected chi connectivity index (χ3v) is 6.88. The van der Waals surface area contributed by atoms with E-state index in [2.05, 4.69) is 21.4 Å². The van der Waals surface area contributed by atoms with Crippen molar-refractivity contribution >= 4 is 36.5 Å². The number of aliphatic hydroxyl groups excluding tert-OH is 1. The molecule has 0 saturated heterocycles. The molecule has 0 fully saturated rings. The Kier molecular flexibility index (Phi) is 12.3. The van der Waals surface area contributed by atoms with Crippen molar-refractivity contribution in [2.24, 2.45) is 5.92 Å². The molecule has 0 saturated carbocycles. The van der Waals surface area contributed by atoms with Gasteiger partial charge >= 0.3 is 7.82 Å². The third-order valence-electron chi connectivity index (χ3n) is 4.95. The molecule has 0 bridgehead atoms. The van der Waals surface area contributed by atoms with Crippen LogP contribution in [0.4, 0.5) is 5.82 Å². The SMILES string of the molecule is CCCCC(CC)/C(O)=[SH]/C(CCOP(=O)(O)O)=C(/C)N(C=O)Cc1cnc(C)nc1N. The van der Waals surface area contributed by atoms with E-state index >= 15 is 0 Å². The first-order valence-electron chi connectivity index (χ1n) is 10.5. The highest BCUT2D eigenvalue weighted by atomic mass is 32.1. The van der Waals surface area contributed by atoms with Crippen LogP contribution < -0.4 is 5.73 Å². The van der Waals surface area contributed by atoms with Crippen LogP contribution in [-0.4, -0.2) is 47.8 Å². The fourth-order valence-corrected chi connectivity index (χ4v) is 4.59. The molecule has 1 amide bonds. The molecule has 1 heterocycles. The first-order chi connectivity index (χ1) is 15.0. The van der Waals surface area contributed by atoms with Crippen molar-refractivity contribution in [1.82, 2.24) is 14.9 Å². The third kappa shape index (κ3) is 9.89. The lowest BCUT2D eigenvalue weighted by atomic mass is 10.0. The van der Waals surface area contributed by atoms with Gasteiger partial charge in [-0.15, -0.1) is 11.4 Å². The lowest BCUT2D eigenvalue weighted by Gasteiger charge is -2.22. The highest BCUT2D eigenvalue weighted by Gasteiger charge is 2.18. The summed E-state index contributed by atoms with van der Waals surface area (Å²) in [5, 5.41) is 11.0. The topological polar surface area (TPSA) is 159 Å². The maximum absolute atomic E-state index is 11.9. The normalized spacial score (nSPS) is 14.4. The molecule has 0 aliphatic heterocycles. The van der Waals surface area contributed by atoms with Crippen molar-refractivity contribution in [3.8, 4) is 0 Å². The van der Waals surface area contributed by atoms with Gasteiger partial charge in [0.15, 0.2) is 0 Å². The predicted molar refractivity (Wildman–Crippen MR) is 128 cm³/mol. The number of aliphatic hydroxyl groups is 1. The number of thiol groups is 1. The summed E-state index contributed by atoms with van der Waals surface area (Å²) >= 11 is 0.490. The Balaban J connectivity index is 3.27. The number of carbonyl (C=O) groups excluding carboxylic acids is 1. The molecule has 1 aromatic heterocycles. The van der Waals surface area contributed by atoms with Crippen LogP contribution in [0.25, 0.3) is 0 Å². The number of nitrogens with two attached hydrogens (primary N) is 1. The summed E-state index contributed by atoms with van der Waals surface area (Å²) in [4.78, 5) is 40.1. The van der Waals surface area contributed by atoms with Crippen LogP contribution in [0, 0.1) is 12.8 Å². The second-order valence-corrected chi connectivity index (χ2v) is 9.85. The van der Waals surface area contributed by atoms with Gasteiger partial charge in [0.2, 0.25) is 6.41 Å². The number of anilines is 1. The van der Waals surface area contributed by atoms with E-state index in [1.54, 1.807) is 20.0 Å². The van der Waals surface area contributed by atoms with Crippen molar-refractivity contribution < 1.29 is 28.8 Å². The van der Waals surface area contributed by atoms with E-state index < -0.39 is 7.82 Å². The molecule has 0 radical (unpaired) electrons. The molecule has 10 nitrogen and oxygen atoms in total. The number of aromatic nitrogens is 2. The minimum absolute atomic E-state index is 0.00654. The lowest BCUT2D eigenvalue weighted by Crippen LogP contribution is -2.22. The van der Waals surface area contributed by atoms with Crippen LogP contribution in [0.15, 0.2) is 16.8 Å². The van der Waals surface area contributed by atoms with Crippen LogP contribution in [0.2, 0.25) is 0 Å². The number of nitrogen functional groups attached to an aromatic ring is 1. The minimum Gasteiger partial charge on any atom is -0.383 e. The van der Waals surface area contributed by atoms with E-state index in [0.29, 0.717) is 39.8 Å². The number of allylic oxidation sites excluding steroid dienone is 1. The molecular formula is C20H35N4O6PS. The van der Waals surface area contributed by atoms with Gasteiger partial charge in [0.1, 0.15) is 11.6 Å². The number of phosphoric acid groups is 1. The molecule has 12 heteroatoms. The number of unbranched alkanes of at least 4 members (excludes halogenated alkanes) is 1. The smallest absolute Gasteiger partial charge is 0.383 e. The van der Waals surface area contributed by atoms with Gasteiger partial charge in [-0.05, 0) is 31.6 Å². The zero-order chi connectivity index (χ0) is 24.3. The zero-order valence-corrected chi connectivity index (χ0v) is 20.9. The Hall–Kier alpha value is -1.62. The number of nitrogens with zero attached hydrogens (tertiary/aromatic N) is 3. The summed E-state index contributed by atoms with van der Waals surface area (Å²) in [6.07, 6.45) is 5.90.